The van der Waals surface area contributed by atoms with Gasteiger partial charge in [0.1, 0.15) is 0 Å². The number of carboxylic acid groups (broad SMARTS) is 1. The van der Waals surface area contributed by atoms with Gasteiger partial charge in [-0.3, -0.25) is 0 Å². The second-order valence-corrected chi connectivity index (χ2v) is 7.13. The molecular weight excluding hydrogens is 308 g/mol. The fourth-order valence-corrected chi connectivity index (χ4v) is 4.01. The van der Waals surface area contributed by atoms with Gasteiger partial charge in [0.2, 0.25) is 0 Å². The minimum absolute atomic E-state index is 0.0228. The minimum atomic E-state index is -3.36. The summed E-state index contributed by atoms with van der Waals surface area (Å²) in [4.78, 5) is 11.0. The quantitative estimate of drug-likeness (QED) is 0.929. The number of halogens is 1. The number of benzene rings is 1. The third-order valence-corrected chi connectivity index (χ3v) is 5.94. The Morgan fingerprint density at radius 2 is 2.00 bits per heavy atom. The third-order valence-electron chi connectivity index (χ3n) is 2.99. The first-order valence-corrected chi connectivity index (χ1v) is 7.53. The van der Waals surface area contributed by atoms with E-state index < -0.39 is 15.8 Å². The average Bonchev–Trinajstić information content (AvgIpc) is 2.13. The van der Waals surface area contributed by atoms with Crippen molar-refractivity contribution in [2.45, 2.75) is 29.4 Å². The second-order valence-electron chi connectivity index (χ2n) is 4.04. The van der Waals surface area contributed by atoms with Crippen LogP contribution in [0.5, 0.6) is 0 Å². The molecular formula is C11H11BrO4S. The zero-order valence-electron chi connectivity index (χ0n) is 8.89. The predicted octanol–water partition coefficient (Wildman–Crippen LogP) is 2.47. The van der Waals surface area contributed by atoms with Crippen molar-refractivity contribution in [3.63, 3.8) is 0 Å². The van der Waals surface area contributed by atoms with E-state index in [1.54, 1.807) is 0 Å². The van der Waals surface area contributed by atoms with E-state index in [-0.39, 0.29) is 15.7 Å². The van der Waals surface area contributed by atoms with Gasteiger partial charge in [0.15, 0.2) is 9.84 Å². The van der Waals surface area contributed by atoms with Crippen molar-refractivity contribution < 1.29 is 18.3 Å². The Balaban J connectivity index is 2.46. The molecule has 1 aromatic rings. The van der Waals surface area contributed by atoms with Crippen molar-refractivity contribution in [1.29, 1.82) is 0 Å². The highest BCUT2D eigenvalue weighted by atomic mass is 79.9. The minimum Gasteiger partial charge on any atom is -0.478 e. The van der Waals surface area contributed by atoms with Gasteiger partial charge in [-0.15, -0.1) is 0 Å². The fraction of sp³-hybridized carbons (Fsp3) is 0.364. The maximum absolute atomic E-state index is 12.1. The topological polar surface area (TPSA) is 71.4 Å². The third kappa shape index (κ3) is 2.24. The maximum Gasteiger partial charge on any atom is 0.336 e. The smallest absolute Gasteiger partial charge is 0.336 e. The van der Waals surface area contributed by atoms with Gasteiger partial charge in [-0.05, 0) is 47.0 Å². The van der Waals surface area contributed by atoms with Gasteiger partial charge < -0.3 is 5.11 Å². The number of sulfone groups is 1. The van der Waals surface area contributed by atoms with Crippen molar-refractivity contribution in [2.24, 2.45) is 0 Å². The summed E-state index contributed by atoms with van der Waals surface area (Å²) in [6.07, 6.45) is 2.26. The summed E-state index contributed by atoms with van der Waals surface area (Å²) in [7, 11) is -3.36. The lowest BCUT2D eigenvalue weighted by atomic mass is 10.00. The van der Waals surface area contributed by atoms with Gasteiger partial charge in [-0.1, -0.05) is 6.42 Å². The van der Waals surface area contributed by atoms with Gasteiger partial charge in [-0.2, -0.15) is 0 Å². The van der Waals surface area contributed by atoms with Crippen molar-refractivity contribution in [1.82, 2.24) is 0 Å². The molecule has 17 heavy (non-hydrogen) atoms. The van der Waals surface area contributed by atoms with Crippen molar-refractivity contribution in [3.05, 3.63) is 28.2 Å². The van der Waals surface area contributed by atoms with Crippen molar-refractivity contribution >= 4 is 31.7 Å². The molecule has 1 aliphatic carbocycles. The zero-order chi connectivity index (χ0) is 12.6. The Labute approximate surface area is 108 Å². The summed E-state index contributed by atoms with van der Waals surface area (Å²) >= 11 is 3.09. The van der Waals surface area contributed by atoms with Crippen LogP contribution in [0.3, 0.4) is 0 Å². The molecule has 1 N–H and O–H groups in total. The van der Waals surface area contributed by atoms with E-state index in [2.05, 4.69) is 15.9 Å². The first-order chi connectivity index (χ1) is 7.93. The van der Waals surface area contributed by atoms with Gasteiger partial charge in [0.05, 0.1) is 15.7 Å². The fourth-order valence-electron chi connectivity index (χ4n) is 1.72. The molecule has 0 spiro atoms. The molecule has 0 atom stereocenters. The monoisotopic (exact) mass is 318 g/mol. The second kappa shape index (κ2) is 4.42. The van der Waals surface area contributed by atoms with Crippen LogP contribution in [0, 0.1) is 0 Å². The summed E-state index contributed by atoms with van der Waals surface area (Å²) in [5, 5.41) is 8.60. The van der Waals surface area contributed by atoms with Gasteiger partial charge in [0, 0.05) is 4.47 Å². The Hall–Kier alpha value is -0.880. The molecule has 92 valence electrons. The highest BCUT2D eigenvalue weighted by Crippen LogP contribution is 2.32. The zero-order valence-corrected chi connectivity index (χ0v) is 11.3. The van der Waals surface area contributed by atoms with Gasteiger partial charge >= 0.3 is 5.97 Å². The normalized spacial score (nSPS) is 16.5. The summed E-state index contributed by atoms with van der Waals surface area (Å²) in [6.45, 7) is 0. The molecule has 0 heterocycles. The van der Waals surface area contributed by atoms with Crippen LogP contribution in [0.15, 0.2) is 27.6 Å². The molecule has 0 unspecified atom stereocenters. The Morgan fingerprint density at radius 1 is 1.35 bits per heavy atom. The largest absolute Gasteiger partial charge is 0.478 e. The lowest BCUT2D eigenvalue weighted by Gasteiger charge is -2.25. The highest BCUT2D eigenvalue weighted by Gasteiger charge is 2.33. The van der Waals surface area contributed by atoms with Gasteiger partial charge in [0.25, 0.3) is 0 Å². The molecule has 0 aliphatic heterocycles. The van der Waals surface area contributed by atoms with Crippen LogP contribution in [0.1, 0.15) is 29.6 Å². The number of carboxylic acids is 1. The van der Waals surface area contributed by atoms with E-state index in [1.807, 2.05) is 0 Å². The Bertz CT molecular complexity index is 561. The molecule has 1 aliphatic rings. The molecule has 6 heteroatoms. The first kappa shape index (κ1) is 12.6. The van der Waals surface area contributed by atoms with E-state index in [9.17, 15) is 13.2 Å². The molecule has 0 amide bonds. The van der Waals surface area contributed by atoms with Crippen LogP contribution in [0.2, 0.25) is 0 Å². The Kier molecular flexibility index (Phi) is 3.27. The summed E-state index contributed by atoms with van der Waals surface area (Å²) in [5.41, 5.74) is -0.0228. The van der Waals surface area contributed by atoms with Crippen LogP contribution in [-0.2, 0) is 9.84 Å². The first-order valence-electron chi connectivity index (χ1n) is 5.19. The van der Waals surface area contributed by atoms with E-state index >= 15 is 0 Å². The SMILES string of the molecule is O=C(O)c1cc(S(=O)(=O)C2CCC2)ccc1Br. The standard InChI is InChI=1S/C11H11BrO4S/c12-10-5-4-8(6-9(10)11(13)14)17(15,16)7-2-1-3-7/h4-7H,1-3H2,(H,13,14). The molecule has 1 aromatic carbocycles. The lowest BCUT2D eigenvalue weighted by Crippen LogP contribution is -2.28. The van der Waals surface area contributed by atoms with E-state index in [0.717, 1.165) is 6.42 Å². The van der Waals surface area contributed by atoms with Crippen LogP contribution in [0.25, 0.3) is 0 Å². The summed E-state index contributed by atoms with van der Waals surface area (Å²) in [5.74, 6) is -1.14. The van der Waals surface area contributed by atoms with E-state index in [0.29, 0.717) is 17.3 Å². The van der Waals surface area contributed by atoms with Crippen molar-refractivity contribution in [2.75, 3.05) is 0 Å². The average molecular weight is 319 g/mol. The van der Waals surface area contributed by atoms with E-state index in [4.69, 9.17) is 5.11 Å². The predicted molar refractivity (Wildman–Crippen MR) is 65.9 cm³/mol. The molecule has 4 nitrogen and oxygen atoms in total. The van der Waals surface area contributed by atoms with Crippen LogP contribution in [-0.4, -0.2) is 24.7 Å². The van der Waals surface area contributed by atoms with E-state index in [1.165, 1.54) is 18.2 Å². The molecule has 0 aromatic heterocycles. The highest BCUT2D eigenvalue weighted by molar-refractivity contribution is 9.10. The van der Waals surface area contributed by atoms with Crippen LogP contribution < -0.4 is 0 Å². The van der Waals surface area contributed by atoms with Crippen molar-refractivity contribution in [3.8, 4) is 0 Å². The number of rotatable bonds is 3. The van der Waals surface area contributed by atoms with Crippen LogP contribution >= 0.6 is 15.9 Å². The maximum atomic E-state index is 12.1. The number of hydrogen-bond acceptors (Lipinski definition) is 3. The summed E-state index contributed by atoms with van der Waals surface area (Å²) < 4.78 is 24.6. The number of aromatic carboxylic acids is 1. The molecule has 1 fully saturated rings. The lowest BCUT2D eigenvalue weighted by molar-refractivity contribution is 0.0695. The number of hydrogen-bond donors (Lipinski definition) is 1. The Morgan fingerprint density at radius 3 is 2.47 bits per heavy atom. The molecule has 1 saturated carbocycles. The summed E-state index contributed by atoms with van der Waals surface area (Å²) in [6, 6.07) is 4.14. The molecule has 0 saturated heterocycles. The molecule has 0 bridgehead atoms. The van der Waals surface area contributed by atoms with Gasteiger partial charge in [-0.25, -0.2) is 13.2 Å². The van der Waals surface area contributed by atoms with Crippen LogP contribution in [0.4, 0.5) is 0 Å². The number of carbonyl (C=O) groups is 1. The molecule has 2 rings (SSSR count). The molecule has 0 radical (unpaired) electrons.